The number of rotatable bonds is 2. The molecule has 0 amide bonds. The molecule has 1 aliphatic heterocycles. The van der Waals surface area contributed by atoms with E-state index in [-0.39, 0.29) is 5.92 Å². The van der Waals surface area contributed by atoms with E-state index in [0.717, 1.165) is 25.9 Å². The van der Waals surface area contributed by atoms with Gasteiger partial charge in [-0.05, 0) is 18.8 Å². The summed E-state index contributed by atoms with van der Waals surface area (Å²) in [6.07, 6.45) is 2.32. The SMILES string of the molecule is CCCC1CCOCC1F. The van der Waals surface area contributed by atoms with Crippen molar-refractivity contribution in [1.82, 2.24) is 0 Å². The highest BCUT2D eigenvalue weighted by Gasteiger charge is 2.23. The van der Waals surface area contributed by atoms with Gasteiger partial charge in [-0.3, -0.25) is 0 Å². The Morgan fingerprint density at radius 3 is 3.00 bits per heavy atom. The average molecular weight is 146 g/mol. The largest absolute Gasteiger partial charge is 0.378 e. The zero-order valence-corrected chi connectivity index (χ0v) is 6.48. The topological polar surface area (TPSA) is 9.23 Å². The minimum absolute atomic E-state index is 0.277. The van der Waals surface area contributed by atoms with Crippen LogP contribution >= 0.6 is 0 Å². The van der Waals surface area contributed by atoms with Gasteiger partial charge < -0.3 is 4.74 Å². The molecule has 1 fully saturated rings. The van der Waals surface area contributed by atoms with Gasteiger partial charge in [-0.25, -0.2) is 4.39 Å². The molecule has 1 heterocycles. The predicted molar refractivity (Wildman–Crippen MR) is 38.7 cm³/mol. The van der Waals surface area contributed by atoms with E-state index in [0.29, 0.717) is 6.61 Å². The first-order valence-corrected chi connectivity index (χ1v) is 4.06. The molecular formula is C8H15FO. The Balaban J connectivity index is 2.25. The molecule has 0 radical (unpaired) electrons. The van der Waals surface area contributed by atoms with Crippen molar-refractivity contribution in [3.63, 3.8) is 0 Å². The molecule has 1 rings (SSSR count). The summed E-state index contributed by atoms with van der Waals surface area (Å²) in [7, 11) is 0. The maximum absolute atomic E-state index is 12.9. The smallest absolute Gasteiger partial charge is 0.126 e. The van der Waals surface area contributed by atoms with E-state index < -0.39 is 6.17 Å². The molecule has 1 saturated heterocycles. The van der Waals surface area contributed by atoms with Gasteiger partial charge in [0.05, 0.1) is 6.61 Å². The van der Waals surface area contributed by atoms with Gasteiger partial charge >= 0.3 is 0 Å². The van der Waals surface area contributed by atoms with Crippen LogP contribution in [0.25, 0.3) is 0 Å². The monoisotopic (exact) mass is 146 g/mol. The fourth-order valence-electron chi connectivity index (χ4n) is 1.44. The average Bonchev–Trinajstić information content (AvgIpc) is 1.94. The molecule has 2 atom stereocenters. The number of ether oxygens (including phenoxy) is 1. The Bertz CT molecular complexity index is 93.3. The first-order valence-electron chi connectivity index (χ1n) is 4.06. The number of alkyl halides is 1. The van der Waals surface area contributed by atoms with Crippen molar-refractivity contribution < 1.29 is 9.13 Å². The Morgan fingerprint density at radius 1 is 1.60 bits per heavy atom. The molecule has 0 aromatic heterocycles. The maximum atomic E-state index is 12.9. The first-order chi connectivity index (χ1) is 4.84. The summed E-state index contributed by atoms with van der Waals surface area (Å²) in [4.78, 5) is 0. The Labute approximate surface area is 61.6 Å². The van der Waals surface area contributed by atoms with Gasteiger partial charge in [-0.1, -0.05) is 13.3 Å². The van der Waals surface area contributed by atoms with Crippen LogP contribution < -0.4 is 0 Å². The van der Waals surface area contributed by atoms with Crippen LogP contribution in [0.5, 0.6) is 0 Å². The van der Waals surface area contributed by atoms with Crippen LogP contribution in [-0.4, -0.2) is 19.4 Å². The summed E-state index contributed by atoms with van der Waals surface area (Å²) >= 11 is 0. The normalized spacial score (nSPS) is 34.2. The lowest BCUT2D eigenvalue weighted by atomic mass is 9.94. The predicted octanol–water partition coefficient (Wildman–Crippen LogP) is 2.16. The molecule has 1 aliphatic rings. The van der Waals surface area contributed by atoms with Gasteiger partial charge in [0.1, 0.15) is 6.17 Å². The van der Waals surface area contributed by atoms with Crippen LogP contribution in [0.15, 0.2) is 0 Å². The van der Waals surface area contributed by atoms with Gasteiger partial charge in [0.25, 0.3) is 0 Å². The summed E-state index contributed by atoms with van der Waals surface area (Å²) in [5.74, 6) is 0.277. The molecular weight excluding hydrogens is 131 g/mol. The van der Waals surface area contributed by atoms with Gasteiger partial charge in [0.2, 0.25) is 0 Å². The van der Waals surface area contributed by atoms with Crippen LogP contribution in [0.1, 0.15) is 26.2 Å². The van der Waals surface area contributed by atoms with Gasteiger partial charge in [-0.2, -0.15) is 0 Å². The fraction of sp³-hybridized carbons (Fsp3) is 1.00. The minimum Gasteiger partial charge on any atom is -0.378 e. The van der Waals surface area contributed by atoms with Crippen molar-refractivity contribution in [2.75, 3.05) is 13.2 Å². The number of hydrogen-bond acceptors (Lipinski definition) is 1. The fourth-order valence-corrected chi connectivity index (χ4v) is 1.44. The van der Waals surface area contributed by atoms with Crippen molar-refractivity contribution in [2.45, 2.75) is 32.4 Å². The lowest BCUT2D eigenvalue weighted by Crippen LogP contribution is -2.28. The van der Waals surface area contributed by atoms with Crippen LogP contribution in [0.2, 0.25) is 0 Å². The molecule has 0 aromatic carbocycles. The molecule has 0 spiro atoms. The molecule has 60 valence electrons. The molecule has 10 heavy (non-hydrogen) atoms. The zero-order valence-electron chi connectivity index (χ0n) is 6.48. The number of halogens is 1. The summed E-state index contributed by atoms with van der Waals surface area (Å²) in [6, 6.07) is 0. The highest BCUT2D eigenvalue weighted by Crippen LogP contribution is 2.22. The van der Waals surface area contributed by atoms with E-state index in [1.165, 1.54) is 0 Å². The zero-order chi connectivity index (χ0) is 7.40. The van der Waals surface area contributed by atoms with Gasteiger partial charge in [0, 0.05) is 6.61 Å². The molecule has 1 nitrogen and oxygen atoms in total. The summed E-state index contributed by atoms with van der Waals surface area (Å²) in [5.41, 5.74) is 0. The van der Waals surface area contributed by atoms with Crippen LogP contribution in [0, 0.1) is 5.92 Å². The van der Waals surface area contributed by atoms with Crippen LogP contribution in [-0.2, 0) is 4.74 Å². The van der Waals surface area contributed by atoms with Crippen molar-refractivity contribution >= 4 is 0 Å². The summed E-state index contributed by atoms with van der Waals surface area (Å²) in [6.45, 7) is 3.18. The Hall–Kier alpha value is -0.110. The van der Waals surface area contributed by atoms with E-state index in [4.69, 9.17) is 4.74 Å². The molecule has 0 saturated carbocycles. The second-order valence-corrected chi connectivity index (χ2v) is 2.93. The van der Waals surface area contributed by atoms with Crippen LogP contribution in [0.4, 0.5) is 4.39 Å². The third kappa shape index (κ3) is 1.94. The lowest BCUT2D eigenvalue weighted by Gasteiger charge is -2.25. The molecule has 0 N–H and O–H groups in total. The molecule has 0 bridgehead atoms. The molecule has 0 aromatic rings. The van der Waals surface area contributed by atoms with Crippen molar-refractivity contribution in [1.29, 1.82) is 0 Å². The lowest BCUT2D eigenvalue weighted by molar-refractivity contribution is -0.00410. The van der Waals surface area contributed by atoms with E-state index in [1.807, 2.05) is 0 Å². The number of hydrogen-bond donors (Lipinski definition) is 0. The third-order valence-electron chi connectivity index (χ3n) is 2.08. The highest BCUT2D eigenvalue weighted by molar-refractivity contribution is 4.72. The van der Waals surface area contributed by atoms with E-state index in [2.05, 4.69) is 6.92 Å². The van der Waals surface area contributed by atoms with E-state index in [1.54, 1.807) is 0 Å². The Morgan fingerprint density at radius 2 is 2.40 bits per heavy atom. The van der Waals surface area contributed by atoms with Gasteiger partial charge in [0.15, 0.2) is 0 Å². The minimum atomic E-state index is -0.700. The van der Waals surface area contributed by atoms with Crippen molar-refractivity contribution in [2.24, 2.45) is 5.92 Å². The van der Waals surface area contributed by atoms with Crippen molar-refractivity contribution in [3.05, 3.63) is 0 Å². The molecule has 2 unspecified atom stereocenters. The summed E-state index contributed by atoms with van der Waals surface area (Å²) < 4.78 is 17.9. The molecule has 2 heteroatoms. The first kappa shape index (κ1) is 7.99. The van der Waals surface area contributed by atoms with Gasteiger partial charge in [-0.15, -0.1) is 0 Å². The second kappa shape index (κ2) is 3.91. The maximum Gasteiger partial charge on any atom is 0.126 e. The molecule has 0 aliphatic carbocycles. The third-order valence-corrected chi connectivity index (χ3v) is 2.08. The second-order valence-electron chi connectivity index (χ2n) is 2.93. The standard InChI is InChI=1S/C8H15FO/c1-2-3-7-4-5-10-6-8(7)9/h7-8H,2-6H2,1H3. The van der Waals surface area contributed by atoms with E-state index in [9.17, 15) is 4.39 Å². The van der Waals surface area contributed by atoms with Crippen molar-refractivity contribution in [3.8, 4) is 0 Å². The highest BCUT2D eigenvalue weighted by atomic mass is 19.1. The quantitative estimate of drug-likeness (QED) is 0.580. The Kier molecular flexibility index (Phi) is 3.13. The van der Waals surface area contributed by atoms with Crippen LogP contribution in [0.3, 0.4) is 0 Å². The summed E-state index contributed by atoms with van der Waals surface area (Å²) in [5, 5.41) is 0. The van der Waals surface area contributed by atoms with E-state index >= 15 is 0 Å².